The van der Waals surface area contributed by atoms with Gasteiger partial charge in [-0.1, -0.05) is 0 Å². The number of esters is 1. The number of benzene rings is 1. The topological polar surface area (TPSA) is 135 Å². The number of rotatable bonds is 9. The molecule has 1 aromatic rings. The maximum Gasteiger partial charge on any atom is 0.339 e. The Morgan fingerprint density at radius 3 is 2.58 bits per heavy atom. The van der Waals surface area contributed by atoms with Crippen molar-refractivity contribution in [3.05, 3.63) is 35.1 Å². The zero-order valence-electron chi connectivity index (χ0n) is 22.2. The Labute approximate surface area is 222 Å². The lowest BCUT2D eigenvalue weighted by Gasteiger charge is -2.39. The molecule has 3 heterocycles. The number of hydrogen-bond acceptors (Lipinski definition) is 9. The van der Waals surface area contributed by atoms with Crippen molar-refractivity contribution in [2.75, 3.05) is 27.0 Å². The van der Waals surface area contributed by atoms with Gasteiger partial charge in [-0.15, -0.1) is 0 Å². The first-order valence-electron chi connectivity index (χ1n) is 13.3. The van der Waals surface area contributed by atoms with Gasteiger partial charge >= 0.3 is 11.9 Å². The molecule has 1 saturated heterocycles. The maximum atomic E-state index is 13.6. The SMILES string of the molecule is COC1=CC23CCCN2CCc2cc4c(cc2[C@@H]3C1OC(=O)[C@@](O)(CCCC(C)(C)O)CC(=O)O)OCO4. The maximum absolute atomic E-state index is 13.6. The molecular weight excluding hydrogens is 494 g/mol. The lowest BCUT2D eigenvalue weighted by atomic mass is 9.77. The fraction of sp³-hybridized carbons (Fsp3) is 0.643. The van der Waals surface area contributed by atoms with Gasteiger partial charge in [0.05, 0.1) is 30.6 Å². The number of carbonyl (C=O) groups excluding carboxylic acids is 1. The number of carboxylic acids is 1. The zero-order chi connectivity index (χ0) is 27.3. The molecule has 38 heavy (non-hydrogen) atoms. The highest BCUT2D eigenvalue weighted by Gasteiger charge is 2.59. The van der Waals surface area contributed by atoms with Crippen LogP contribution in [0.25, 0.3) is 0 Å². The summed E-state index contributed by atoms with van der Waals surface area (Å²) in [5.74, 6) is -0.843. The van der Waals surface area contributed by atoms with Gasteiger partial charge in [0.2, 0.25) is 6.79 Å². The fourth-order valence-corrected chi connectivity index (χ4v) is 6.65. The first-order valence-corrected chi connectivity index (χ1v) is 13.3. The molecule has 2 unspecified atom stereocenters. The van der Waals surface area contributed by atoms with Crippen LogP contribution in [0.1, 0.15) is 69.4 Å². The third-order valence-electron chi connectivity index (χ3n) is 8.40. The smallest absolute Gasteiger partial charge is 0.339 e. The van der Waals surface area contributed by atoms with Gasteiger partial charge in [0.25, 0.3) is 0 Å². The monoisotopic (exact) mass is 531 g/mol. The van der Waals surface area contributed by atoms with Gasteiger partial charge in [0.1, 0.15) is 5.76 Å². The molecule has 1 spiro atoms. The summed E-state index contributed by atoms with van der Waals surface area (Å²) in [6, 6.07) is 3.96. The van der Waals surface area contributed by atoms with E-state index in [0.29, 0.717) is 17.3 Å². The number of aliphatic hydroxyl groups is 2. The minimum Gasteiger partial charge on any atom is -0.497 e. The average molecular weight is 532 g/mol. The number of fused-ring (bicyclic) bond motifs is 3. The van der Waals surface area contributed by atoms with Crippen LogP contribution >= 0.6 is 0 Å². The molecule has 4 atom stereocenters. The van der Waals surface area contributed by atoms with Crippen molar-refractivity contribution in [1.82, 2.24) is 4.90 Å². The van der Waals surface area contributed by atoms with E-state index < -0.39 is 41.2 Å². The van der Waals surface area contributed by atoms with Crippen LogP contribution in [0, 0.1) is 0 Å². The van der Waals surface area contributed by atoms with E-state index in [-0.39, 0.29) is 32.0 Å². The second-order valence-electron chi connectivity index (χ2n) is 11.6. The van der Waals surface area contributed by atoms with Crippen LogP contribution in [0.3, 0.4) is 0 Å². The van der Waals surface area contributed by atoms with Crippen LogP contribution in [0.5, 0.6) is 11.5 Å². The first-order chi connectivity index (χ1) is 18.0. The van der Waals surface area contributed by atoms with E-state index in [1.165, 1.54) is 7.11 Å². The molecule has 10 heteroatoms. The van der Waals surface area contributed by atoms with Crippen molar-refractivity contribution in [1.29, 1.82) is 0 Å². The van der Waals surface area contributed by atoms with Crippen LogP contribution in [0.4, 0.5) is 0 Å². The predicted molar refractivity (Wildman–Crippen MR) is 135 cm³/mol. The number of hydrogen-bond donors (Lipinski definition) is 3. The molecule has 0 radical (unpaired) electrons. The van der Waals surface area contributed by atoms with Gasteiger partial charge in [0.15, 0.2) is 23.2 Å². The molecule has 4 aliphatic rings. The summed E-state index contributed by atoms with van der Waals surface area (Å²) in [5, 5.41) is 30.9. The lowest BCUT2D eigenvalue weighted by molar-refractivity contribution is -0.178. The van der Waals surface area contributed by atoms with Gasteiger partial charge in [0, 0.05) is 6.54 Å². The van der Waals surface area contributed by atoms with Gasteiger partial charge < -0.3 is 34.3 Å². The van der Waals surface area contributed by atoms with Crippen LogP contribution in [0.2, 0.25) is 0 Å². The summed E-state index contributed by atoms with van der Waals surface area (Å²) < 4.78 is 23.1. The van der Waals surface area contributed by atoms with Crippen LogP contribution in [-0.2, 0) is 25.5 Å². The Morgan fingerprint density at radius 2 is 1.89 bits per heavy atom. The molecule has 5 rings (SSSR count). The van der Waals surface area contributed by atoms with Crippen LogP contribution < -0.4 is 9.47 Å². The predicted octanol–water partition coefficient (Wildman–Crippen LogP) is 2.49. The normalized spacial score (nSPS) is 27.4. The molecule has 1 fully saturated rings. The van der Waals surface area contributed by atoms with E-state index >= 15 is 0 Å². The molecule has 0 aromatic heterocycles. The highest BCUT2D eigenvalue weighted by molar-refractivity contribution is 5.85. The molecule has 3 N–H and O–H groups in total. The third-order valence-corrected chi connectivity index (χ3v) is 8.40. The summed E-state index contributed by atoms with van der Waals surface area (Å²) in [6.45, 7) is 5.10. The van der Waals surface area contributed by atoms with E-state index in [2.05, 4.69) is 4.90 Å². The van der Waals surface area contributed by atoms with Crippen molar-refractivity contribution in [2.24, 2.45) is 0 Å². The Balaban J connectivity index is 1.50. The number of aliphatic carboxylic acids is 1. The van der Waals surface area contributed by atoms with Crippen molar-refractivity contribution >= 4 is 11.9 Å². The average Bonchev–Trinajstić information content (AvgIpc) is 3.51. The van der Waals surface area contributed by atoms with Gasteiger partial charge in [-0.2, -0.15) is 0 Å². The number of nitrogens with zero attached hydrogens (tertiary/aromatic N) is 1. The number of methoxy groups -OCH3 is 1. The molecule has 0 amide bonds. The van der Waals surface area contributed by atoms with Crippen LogP contribution in [0.15, 0.2) is 24.0 Å². The van der Waals surface area contributed by atoms with E-state index in [9.17, 15) is 24.9 Å². The largest absolute Gasteiger partial charge is 0.497 e. The standard InChI is InChI=1S/C28H37NO9/c1-26(2,33)7-4-9-28(34,15-22(30)31)25(32)38-24-21(35-3)14-27-8-5-10-29(27)11-6-17-12-19-20(37-16-36-19)13-18(17)23(24)27/h12-14,23-24,33-34H,4-11,15-16H2,1-3H3,(H,30,31)/t23-,24?,27?,28-/m1/s1. The molecule has 1 aromatic carbocycles. The van der Waals surface area contributed by atoms with Gasteiger partial charge in [-0.3, -0.25) is 9.69 Å². The van der Waals surface area contributed by atoms with E-state index in [1.54, 1.807) is 13.8 Å². The summed E-state index contributed by atoms with van der Waals surface area (Å²) in [4.78, 5) is 27.6. The van der Waals surface area contributed by atoms with Gasteiger partial charge in [-0.25, -0.2) is 4.79 Å². The molecule has 0 bridgehead atoms. The molecule has 10 nitrogen and oxygen atoms in total. The van der Waals surface area contributed by atoms with Crippen molar-refractivity contribution < 1.29 is 43.9 Å². The molecule has 3 aliphatic heterocycles. The molecule has 0 saturated carbocycles. The molecule has 1 aliphatic carbocycles. The Kier molecular flexibility index (Phi) is 6.86. The van der Waals surface area contributed by atoms with E-state index in [0.717, 1.165) is 43.5 Å². The summed E-state index contributed by atoms with van der Waals surface area (Å²) in [7, 11) is 1.53. The summed E-state index contributed by atoms with van der Waals surface area (Å²) in [6.07, 6.45) is 3.38. The second kappa shape index (κ2) is 9.73. The summed E-state index contributed by atoms with van der Waals surface area (Å²) >= 11 is 0. The van der Waals surface area contributed by atoms with E-state index in [1.807, 2.05) is 18.2 Å². The quantitative estimate of drug-likeness (QED) is 0.408. The number of carboxylic acid groups (broad SMARTS) is 1. The summed E-state index contributed by atoms with van der Waals surface area (Å²) in [5.41, 5.74) is -1.65. The Morgan fingerprint density at radius 1 is 1.16 bits per heavy atom. The third kappa shape index (κ3) is 4.74. The minimum absolute atomic E-state index is 0.146. The molecular formula is C28H37NO9. The number of ether oxygens (including phenoxy) is 4. The first kappa shape index (κ1) is 26.8. The second-order valence-corrected chi connectivity index (χ2v) is 11.6. The minimum atomic E-state index is -2.25. The highest BCUT2D eigenvalue weighted by Crippen LogP contribution is 2.55. The zero-order valence-corrected chi connectivity index (χ0v) is 22.2. The molecule has 208 valence electrons. The number of carbonyl (C=O) groups is 2. The van der Waals surface area contributed by atoms with E-state index in [4.69, 9.17) is 18.9 Å². The lowest BCUT2D eigenvalue weighted by Crippen LogP contribution is -2.49. The Bertz CT molecular complexity index is 1140. The fourth-order valence-electron chi connectivity index (χ4n) is 6.65. The van der Waals surface area contributed by atoms with Gasteiger partial charge in [-0.05, 0) is 88.3 Å². The Hall–Kier alpha value is -2.82. The van der Waals surface area contributed by atoms with Crippen molar-refractivity contribution in [2.45, 2.75) is 87.6 Å². The van der Waals surface area contributed by atoms with Crippen molar-refractivity contribution in [3.63, 3.8) is 0 Å². The van der Waals surface area contributed by atoms with Crippen LogP contribution in [-0.4, -0.2) is 82.0 Å². The van der Waals surface area contributed by atoms with Crippen molar-refractivity contribution in [3.8, 4) is 11.5 Å². The highest BCUT2D eigenvalue weighted by atomic mass is 16.7.